The number of anilines is 2. The molecule has 1 saturated heterocycles. The minimum Gasteiger partial charge on any atom is -0.361 e. The molecule has 0 radical (unpaired) electrons. The van der Waals surface area contributed by atoms with E-state index in [4.69, 9.17) is 0 Å². The number of carbonyl (C=O) groups excluding carboxylic acids is 2. The topological polar surface area (TPSA) is 81.3 Å². The second kappa shape index (κ2) is 8.12. The number of aromatic nitrogens is 2. The van der Waals surface area contributed by atoms with Crippen LogP contribution < -0.4 is 10.2 Å². The Kier molecular flexibility index (Phi) is 5.23. The molecule has 144 valence electrons. The van der Waals surface area contributed by atoms with Crippen molar-refractivity contribution in [1.82, 2.24) is 14.9 Å². The highest BCUT2D eigenvalue weighted by molar-refractivity contribution is 5.95. The van der Waals surface area contributed by atoms with Crippen LogP contribution in [0.2, 0.25) is 0 Å². The largest absolute Gasteiger partial charge is 0.361 e. The first-order chi connectivity index (χ1) is 13.7. The molecule has 1 aliphatic heterocycles. The van der Waals surface area contributed by atoms with E-state index in [1.807, 2.05) is 53.6 Å². The molecule has 1 aromatic carbocycles. The number of piperazine rings is 1. The number of benzene rings is 1. The van der Waals surface area contributed by atoms with Gasteiger partial charge in [0.2, 0.25) is 11.8 Å². The van der Waals surface area contributed by atoms with Gasteiger partial charge in [-0.2, -0.15) is 0 Å². The fraction of sp³-hybridized carbons (Fsp3) is 0.286. The number of H-pyrrole nitrogens is 1. The Labute approximate surface area is 163 Å². The summed E-state index contributed by atoms with van der Waals surface area (Å²) in [6.45, 7) is 2.82. The summed E-state index contributed by atoms with van der Waals surface area (Å²) in [5.41, 5.74) is 1.77. The Morgan fingerprint density at radius 3 is 2.68 bits per heavy atom. The predicted octanol–water partition coefficient (Wildman–Crippen LogP) is 2.63. The molecule has 4 rings (SSSR count). The van der Waals surface area contributed by atoms with Crippen LogP contribution in [0.4, 0.5) is 11.5 Å². The fourth-order valence-electron chi connectivity index (χ4n) is 3.46. The summed E-state index contributed by atoms with van der Waals surface area (Å²) in [4.78, 5) is 36.1. The summed E-state index contributed by atoms with van der Waals surface area (Å²) in [6.07, 6.45) is 4.05. The SMILES string of the molecule is O=C(CCC(=O)N1CCN(c2ccccn2)CC1)Nc1ccc2[nH]ccc2c1. The highest BCUT2D eigenvalue weighted by Crippen LogP contribution is 2.18. The maximum Gasteiger partial charge on any atom is 0.224 e. The molecule has 1 aliphatic rings. The molecule has 0 spiro atoms. The summed E-state index contributed by atoms with van der Waals surface area (Å²) in [5.74, 6) is 0.820. The van der Waals surface area contributed by atoms with Crippen LogP contribution in [0.15, 0.2) is 54.9 Å². The van der Waals surface area contributed by atoms with Crippen LogP contribution in [0.25, 0.3) is 10.9 Å². The molecular weight excluding hydrogens is 354 g/mol. The molecule has 2 aromatic heterocycles. The lowest BCUT2D eigenvalue weighted by Crippen LogP contribution is -2.49. The molecule has 1 fully saturated rings. The Bertz CT molecular complexity index is 961. The van der Waals surface area contributed by atoms with Gasteiger partial charge in [-0.15, -0.1) is 0 Å². The van der Waals surface area contributed by atoms with Gasteiger partial charge in [0.25, 0.3) is 0 Å². The molecule has 3 heterocycles. The summed E-state index contributed by atoms with van der Waals surface area (Å²) >= 11 is 0. The lowest BCUT2D eigenvalue weighted by Gasteiger charge is -2.35. The Hall–Kier alpha value is -3.35. The second-order valence-corrected chi connectivity index (χ2v) is 6.88. The summed E-state index contributed by atoms with van der Waals surface area (Å²) in [5, 5.41) is 3.91. The lowest BCUT2D eigenvalue weighted by atomic mass is 10.2. The number of aromatic amines is 1. The van der Waals surface area contributed by atoms with E-state index in [1.165, 1.54) is 0 Å². The number of fused-ring (bicyclic) bond motifs is 1. The minimum absolute atomic E-state index is 0.0249. The van der Waals surface area contributed by atoms with Gasteiger partial charge in [-0.25, -0.2) is 4.98 Å². The summed E-state index contributed by atoms with van der Waals surface area (Å²) < 4.78 is 0. The van der Waals surface area contributed by atoms with Crippen molar-refractivity contribution < 1.29 is 9.59 Å². The highest BCUT2D eigenvalue weighted by atomic mass is 16.2. The number of amides is 2. The van der Waals surface area contributed by atoms with Crippen LogP contribution in [0, 0.1) is 0 Å². The van der Waals surface area contributed by atoms with Crippen molar-refractivity contribution in [2.75, 3.05) is 36.4 Å². The van der Waals surface area contributed by atoms with Gasteiger partial charge in [0.1, 0.15) is 5.82 Å². The maximum atomic E-state index is 12.4. The molecule has 7 nitrogen and oxygen atoms in total. The van der Waals surface area contributed by atoms with Crippen LogP contribution >= 0.6 is 0 Å². The van der Waals surface area contributed by atoms with Gasteiger partial charge >= 0.3 is 0 Å². The minimum atomic E-state index is -0.143. The number of pyridine rings is 1. The zero-order valence-corrected chi connectivity index (χ0v) is 15.6. The lowest BCUT2D eigenvalue weighted by molar-refractivity contribution is -0.133. The zero-order chi connectivity index (χ0) is 19.3. The molecule has 2 N–H and O–H groups in total. The molecule has 28 heavy (non-hydrogen) atoms. The van der Waals surface area contributed by atoms with Crippen molar-refractivity contribution in [1.29, 1.82) is 0 Å². The van der Waals surface area contributed by atoms with E-state index in [0.717, 1.165) is 35.5 Å². The third kappa shape index (κ3) is 4.14. The van der Waals surface area contributed by atoms with Crippen LogP contribution in [0.5, 0.6) is 0 Å². The van der Waals surface area contributed by atoms with Crippen LogP contribution in [0.1, 0.15) is 12.8 Å². The number of hydrogen-bond acceptors (Lipinski definition) is 4. The standard InChI is InChI=1S/C21H23N5O2/c27-20(24-17-4-5-18-16(15-17)8-10-22-18)6-7-21(28)26-13-11-25(12-14-26)19-3-1-2-9-23-19/h1-5,8-10,15,22H,6-7,11-14H2,(H,24,27). The van der Waals surface area contributed by atoms with E-state index in [-0.39, 0.29) is 24.7 Å². The van der Waals surface area contributed by atoms with Crippen molar-refractivity contribution in [2.24, 2.45) is 0 Å². The molecule has 0 saturated carbocycles. The summed E-state index contributed by atoms with van der Waals surface area (Å²) in [7, 11) is 0. The molecule has 2 amide bonds. The average molecular weight is 377 g/mol. The molecule has 0 atom stereocenters. The first-order valence-corrected chi connectivity index (χ1v) is 9.50. The molecule has 3 aromatic rings. The molecule has 0 aliphatic carbocycles. The first kappa shape index (κ1) is 18.0. The van der Waals surface area contributed by atoms with Crippen molar-refractivity contribution >= 4 is 34.2 Å². The van der Waals surface area contributed by atoms with Gasteiger partial charge in [0, 0.05) is 68.0 Å². The first-order valence-electron chi connectivity index (χ1n) is 9.50. The van der Waals surface area contributed by atoms with Gasteiger partial charge < -0.3 is 20.1 Å². The van der Waals surface area contributed by atoms with E-state index < -0.39 is 0 Å². The van der Waals surface area contributed by atoms with Gasteiger partial charge in [0.05, 0.1) is 0 Å². The van der Waals surface area contributed by atoms with E-state index in [2.05, 4.69) is 20.2 Å². The molecule has 7 heteroatoms. The van der Waals surface area contributed by atoms with E-state index in [1.54, 1.807) is 6.20 Å². The van der Waals surface area contributed by atoms with Gasteiger partial charge in [-0.1, -0.05) is 6.07 Å². The second-order valence-electron chi connectivity index (χ2n) is 6.88. The Morgan fingerprint density at radius 2 is 1.89 bits per heavy atom. The average Bonchev–Trinajstić information content (AvgIpc) is 3.21. The highest BCUT2D eigenvalue weighted by Gasteiger charge is 2.22. The van der Waals surface area contributed by atoms with Crippen LogP contribution in [-0.4, -0.2) is 52.9 Å². The van der Waals surface area contributed by atoms with E-state index in [0.29, 0.717) is 13.1 Å². The van der Waals surface area contributed by atoms with Crippen molar-refractivity contribution in [2.45, 2.75) is 12.8 Å². The Morgan fingerprint density at radius 1 is 1.04 bits per heavy atom. The summed E-state index contributed by atoms with van der Waals surface area (Å²) in [6, 6.07) is 13.5. The van der Waals surface area contributed by atoms with Gasteiger partial charge in [0.15, 0.2) is 0 Å². The molecule has 0 unspecified atom stereocenters. The third-order valence-corrected chi connectivity index (χ3v) is 5.01. The van der Waals surface area contributed by atoms with Crippen molar-refractivity contribution in [3.05, 3.63) is 54.9 Å². The Balaban J connectivity index is 1.23. The van der Waals surface area contributed by atoms with Crippen LogP contribution in [0.3, 0.4) is 0 Å². The van der Waals surface area contributed by atoms with Crippen molar-refractivity contribution in [3.8, 4) is 0 Å². The maximum absolute atomic E-state index is 12.4. The third-order valence-electron chi connectivity index (χ3n) is 5.01. The van der Waals surface area contributed by atoms with E-state index in [9.17, 15) is 9.59 Å². The zero-order valence-electron chi connectivity index (χ0n) is 15.6. The number of nitrogens with one attached hydrogen (secondary N) is 2. The van der Waals surface area contributed by atoms with Crippen LogP contribution in [-0.2, 0) is 9.59 Å². The van der Waals surface area contributed by atoms with Gasteiger partial charge in [-0.05, 0) is 36.4 Å². The smallest absolute Gasteiger partial charge is 0.224 e. The normalized spacial score (nSPS) is 14.3. The number of carbonyl (C=O) groups is 2. The number of nitrogens with zero attached hydrogens (tertiary/aromatic N) is 3. The van der Waals surface area contributed by atoms with E-state index >= 15 is 0 Å². The number of hydrogen-bond donors (Lipinski definition) is 2. The number of rotatable bonds is 5. The molecule has 0 bridgehead atoms. The monoisotopic (exact) mass is 377 g/mol. The molecular formula is C21H23N5O2. The fourth-order valence-corrected chi connectivity index (χ4v) is 3.46. The van der Waals surface area contributed by atoms with Crippen molar-refractivity contribution in [3.63, 3.8) is 0 Å². The van der Waals surface area contributed by atoms with Gasteiger partial charge in [-0.3, -0.25) is 9.59 Å². The predicted molar refractivity (Wildman–Crippen MR) is 109 cm³/mol. The quantitative estimate of drug-likeness (QED) is 0.716.